The molecule has 0 aliphatic rings. The molecule has 0 aliphatic heterocycles. The fourth-order valence-corrected chi connectivity index (χ4v) is 3.84. The number of esters is 1. The number of aliphatic hydroxyl groups excluding tert-OH is 1. The molecule has 2 rings (SSSR count). The van der Waals surface area contributed by atoms with Crippen LogP contribution in [-0.2, 0) is 29.0 Å². The summed E-state index contributed by atoms with van der Waals surface area (Å²) >= 11 is 0. The zero-order valence-electron chi connectivity index (χ0n) is 22.5. The average molecular weight is 554 g/mol. The second kappa shape index (κ2) is 14.3. The van der Waals surface area contributed by atoms with Crippen LogP contribution in [0.1, 0.15) is 50.8 Å². The Morgan fingerprint density at radius 3 is 2.42 bits per heavy atom. The quantitative estimate of drug-likeness (QED) is 0.212. The molecule has 0 bridgehead atoms. The number of halogens is 1. The second-order valence-corrected chi connectivity index (χ2v) is 10.9. The predicted molar refractivity (Wildman–Crippen MR) is 142 cm³/mol. The van der Waals surface area contributed by atoms with E-state index in [0.29, 0.717) is 29.1 Å². The summed E-state index contributed by atoms with van der Waals surface area (Å²) in [4.78, 5) is 20.8. The van der Waals surface area contributed by atoms with Gasteiger partial charge in [-0.05, 0) is 37.1 Å². The number of hydrogen-bond acceptors (Lipinski definition) is 9. The minimum Gasteiger partial charge on any atom is -0.469 e. The van der Waals surface area contributed by atoms with Crippen LogP contribution in [0.3, 0.4) is 0 Å². The van der Waals surface area contributed by atoms with Gasteiger partial charge >= 0.3 is 5.97 Å². The summed E-state index contributed by atoms with van der Waals surface area (Å²) < 4.78 is 54.5. The number of aromatic nitrogens is 2. The molecule has 0 spiro atoms. The van der Waals surface area contributed by atoms with E-state index in [-0.39, 0.29) is 31.5 Å². The summed E-state index contributed by atoms with van der Waals surface area (Å²) in [6.07, 6.45) is 2.54. The van der Waals surface area contributed by atoms with E-state index in [1.165, 1.54) is 44.5 Å². The second-order valence-electron chi connectivity index (χ2n) is 8.90. The molecule has 0 amide bonds. The van der Waals surface area contributed by atoms with Gasteiger partial charge in [0.15, 0.2) is 0 Å². The molecule has 0 saturated heterocycles. The van der Waals surface area contributed by atoms with Gasteiger partial charge in [-0.2, -0.15) is 0 Å². The molecule has 2 atom stereocenters. The third kappa shape index (κ3) is 9.12. The molecule has 0 fully saturated rings. The van der Waals surface area contributed by atoms with Crippen LogP contribution in [0.2, 0.25) is 0 Å². The monoisotopic (exact) mass is 553 g/mol. The standard InChI is InChI=1S/C26H36FN3O7S/c1-7-36-16-37-21(15-23(32)35-5)14-20(31)12-13-22-24(17(2)3)28-26(30(4)38(6,33)34)29-25(22)18-8-10-19(27)11-9-18/h8-13,17,20-21,31H,7,14-16H2,1-6H3/b13-12+/t20-,21-/m1/s1. The molecule has 2 aromatic rings. The van der Waals surface area contributed by atoms with Gasteiger partial charge in [-0.15, -0.1) is 0 Å². The molecule has 12 heteroatoms. The molecular weight excluding hydrogens is 517 g/mol. The van der Waals surface area contributed by atoms with Gasteiger partial charge in [0.25, 0.3) is 0 Å². The van der Waals surface area contributed by atoms with Crippen LogP contribution >= 0.6 is 0 Å². The fraction of sp³-hybridized carbons (Fsp3) is 0.500. The van der Waals surface area contributed by atoms with Gasteiger partial charge in [0.2, 0.25) is 16.0 Å². The average Bonchev–Trinajstić information content (AvgIpc) is 2.86. The van der Waals surface area contributed by atoms with Crippen molar-refractivity contribution in [3.63, 3.8) is 0 Å². The Bertz CT molecular complexity index is 1200. The number of anilines is 1. The smallest absolute Gasteiger partial charge is 0.308 e. The largest absolute Gasteiger partial charge is 0.469 e. The molecule has 10 nitrogen and oxygen atoms in total. The van der Waals surface area contributed by atoms with E-state index in [1.54, 1.807) is 6.08 Å². The highest BCUT2D eigenvalue weighted by atomic mass is 32.2. The number of benzene rings is 1. The van der Waals surface area contributed by atoms with Crippen LogP contribution < -0.4 is 4.31 Å². The van der Waals surface area contributed by atoms with Crippen molar-refractivity contribution >= 4 is 28.0 Å². The van der Waals surface area contributed by atoms with Crippen molar-refractivity contribution in [2.24, 2.45) is 0 Å². The maximum Gasteiger partial charge on any atom is 0.308 e. The van der Waals surface area contributed by atoms with Crippen molar-refractivity contribution in [1.82, 2.24) is 9.97 Å². The van der Waals surface area contributed by atoms with Gasteiger partial charge in [-0.1, -0.05) is 26.0 Å². The zero-order chi connectivity index (χ0) is 28.5. The highest BCUT2D eigenvalue weighted by Crippen LogP contribution is 2.31. The number of carbonyl (C=O) groups is 1. The van der Waals surface area contributed by atoms with E-state index < -0.39 is 34.0 Å². The molecule has 1 heterocycles. The molecule has 1 aromatic carbocycles. The Labute approximate surface area is 223 Å². The Morgan fingerprint density at radius 1 is 1.21 bits per heavy atom. The first kappa shape index (κ1) is 31.3. The van der Waals surface area contributed by atoms with Gasteiger partial charge in [0.1, 0.15) is 12.6 Å². The van der Waals surface area contributed by atoms with E-state index in [2.05, 4.69) is 9.97 Å². The molecule has 1 aromatic heterocycles. The number of aliphatic hydroxyl groups is 1. The summed E-state index contributed by atoms with van der Waals surface area (Å²) in [5.41, 5.74) is 1.98. The highest BCUT2D eigenvalue weighted by Gasteiger charge is 2.23. The first-order chi connectivity index (χ1) is 17.9. The van der Waals surface area contributed by atoms with E-state index in [0.717, 1.165) is 10.6 Å². The van der Waals surface area contributed by atoms with Crippen LogP contribution in [0.4, 0.5) is 10.3 Å². The Balaban J connectivity index is 2.51. The third-order valence-corrected chi connectivity index (χ3v) is 6.77. The summed E-state index contributed by atoms with van der Waals surface area (Å²) in [7, 11) is -1.02. The van der Waals surface area contributed by atoms with Crippen molar-refractivity contribution in [2.75, 3.05) is 38.1 Å². The number of rotatable bonds is 14. The molecule has 0 radical (unpaired) electrons. The maximum absolute atomic E-state index is 13.7. The SMILES string of the molecule is CCOCO[C@@H](CC(=O)OC)C[C@H](O)/C=C/c1c(-c2ccc(F)cc2)nc(N(C)S(C)(=O)=O)nc1C(C)C. The number of methoxy groups -OCH3 is 1. The number of sulfonamides is 1. The third-order valence-electron chi connectivity index (χ3n) is 5.61. The van der Waals surface area contributed by atoms with E-state index in [9.17, 15) is 22.7 Å². The number of carbonyl (C=O) groups excluding carboxylic acids is 1. The van der Waals surface area contributed by atoms with Crippen LogP contribution in [0.25, 0.3) is 17.3 Å². The lowest BCUT2D eigenvalue weighted by Gasteiger charge is -2.21. The van der Waals surface area contributed by atoms with Crippen LogP contribution in [0, 0.1) is 5.82 Å². The normalized spacial score (nSPS) is 13.6. The Kier molecular flexibility index (Phi) is 11.8. The van der Waals surface area contributed by atoms with E-state index in [4.69, 9.17) is 14.2 Å². The molecule has 210 valence electrons. The molecular formula is C26H36FN3O7S. The lowest BCUT2D eigenvalue weighted by Crippen LogP contribution is -2.27. The molecule has 0 saturated carbocycles. The van der Waals surface area contributed by atoms with Crippen molar-refractivity contribution in [1.29, 1.82) is 0 Å². The topological polar surface area (TPSA) is 128 Å². The van der Waals surface area contributed by atoms with Crippen molar-refractivity contribution < 1.29 is 36.9 Å². The van der Waals surface area contributed by atoms with Gasteiger partial charge in [-0.3, -0.25) is 4.79 Å². The fourth-order valence-electron chi connectivity index (χ4n) is 3.46. The predicted octanol–water partition coefficient (Wildman–Crippen LogP) is 3.51. The van der Waals surface area contributed by atoms with Gasteiger partial charge in [0, 0.05) is 31.2 Å². The Morgan fingerprint density at radius 2 is 1.87 bits per heavy atom. The van der Waals surface area contributed by atoms with Gasteiger partial charge in [0.05, 0.1) is 43.4 Å². The zero-order valence-corrected chi connectivity index (χ0v) is 23.4. The summed E-state index contributed by atoms with van der Waals surface area (Å²) in [5.74, 6) is -1.10. The lowest BCUT2D eigenvalue weighted by atomic mass is 9.97. The first-order valence-electron chi connectivity index (χ1n) is 12.1. The first-order valence-corrected chi connectivity index (χ1v) is 14.0. The van der Waals surface area contributed by atoms with Crippen LogP contribution in [-0.4, -0.2) is 75.5 Å². The summed E-state index contributed by atoms with van der Waals surface area (Å²) in [6.45, 7) is 5.99. The summed E-state index contributed by atoms with van der Waals surface area (Å²) in [5, 5.41) is 10.8. The number of ether oxygens (including phenoxy) is 3. The summed E-state index contributed by atoms with van der Waals surface area (Å²) in [6, 6.07) is 5.63. The maximum atomic E-state index is 13.7. The minimum atomic E-state index is -3.65. The minimum absolute atomic E-state index is 0.0318. The molecule has 1 N–H and O–H groups in total. The van der Waals surface area contributed by atoms with Gasteiger partial charge in [-0.25, -0.2) is 27.1 Å². The molecule has 38 heavy (non-hydrogen) atoms. The van der Waals surface area contributed by atoms with E-state index >= 15 is 0 Å². The van der Waals surface area contributed by atoms with Crippen LogP contribution in [0.15, 0.2) is 30.3 Å². The molecule has 0 unspecified atom stereocenters. The molecule has 0 aliphatic carbocycles. The van der Waals surface area contributed by atoms with Crippen LogP contribution in [0.5, 0.6) is 0 Å². The van der Waals surface area contributed by atoms with E-state index in [1.807, 2.05) is 20.8 Å². The highest BCUT2D eigenvalue weighted by molar-refractivity contribution is 7.92. The number of hydrogen-bond donors (Lipinski definition) is 1. The Hall–Kier alpha value is -2.93. The van der Waals surface area contributed by atoms with Crippen molar-refractivity contribution in [3.8, 4) is 11.3 Å². The lowest BCUT2D eigenvalue weighted by molar-refractivity contribution is -0.148. The number of nitrogens with zero attached hydrogens (tertiary/aromatic N) is 3. The van der Waals surface area contributed by atoms with Gasteiger partial charge < -0.3 is 19.3 Å². The van der Waals surface area contributed by atoms with Crippen molar-refractivity contribution in [2.45, 2.75) is 51.7 Å². The van der Waals surface area contributed by atoms with Crippen molar-refractivity contribution in [3.05, 3.63) is 47.4 Å².